The van der Waals surface area contributed by atoms with E-state index in [1.807, 2.05) is 0 Å². The van der Waals surface area contributed by atoms with Crippen LogP contribution in [0.15, 0.2) is 53.4 Å². The molecule has 0 aliphatic carbocycles. The Bertz CT molecular complexity index is 1060. The number of nitrogens with one attached hydrogen (secondary N) is 2. The van der Waals surface area contributed by atoms with Crippen LogP contribution in [0.4, 0.5) is 4.39 Å². The van der Waals surface area contributed by atoms with Gasteiger partial charge in [0, 0.05) is 26.1 Å². The van der Waals surface area contributed by atoms with E-state index in [2.05, 4.69) is 17.0 Å². The average molecular weight is 506 g/mol. The molecule has 9 heteroatoms. The molecule has 0 heterocycles. The molecular weight excluding hydrogens is 469 g/mol. The predicted octanol–water partition coefficient (Wildman–Crippen LogP) is 3.78. The van der Waals surface area contributed by atoms with E-state index in [4.69, 9.17) is 0 Å². The number of nitrogens with zero attached hydrogens (tertiary/aromatic N) is 1. The van der Waals surface area contributed by atoms with Crippen molar-refractivity contribution in [3.8, 4) is 0 Å². The lowest BCUT2D eigenvalue weighted by molar-refractivity contribution is -0.140. The van der Waals surface area contributed by atoms with Crippen LogP contribution in [0.3, 0.4) is 0 Å². The Hall–Kier alpha value is -2.78. The first kappa shape index (κ1) is 28.5. The van der Waals surface area contributed by atoms with Crippen molar-refractivity contribution in [2.75, 3.05) is 13.1 Å². The summed E-state index contributed by atoms with van der Waals surface area (Å²) >= 11 is 0. The van der Waals surface area contributed by atoms with Crippen LogP contribution in [0.5, 0.6) is 0 Å². The molecule has 2 amide bonds. The Balaban J connectivity index is 2.09. The van der Waals surface area contributed by atoms with Gasteiger partial charge < -0.3 is 10.2 Å². The minimum absolute atomic E-state index is 0.147. The maximum atomic E-state index is 13.3. The van der Waals surface area contributed by atoms with Gasteiger partial charge in [0.05, 0.1) is 4.90 Å². The third kappa shape index (κ3) is 9.07. The number of sulfonamides is 1. The van der Waals surface area contributed by atoms with Crippen molar-refractivity contribution in [3.63, 3.8) is 0 Å². The molecule has 2 N–H and O–H groups in total. The second-order valence-electron chi connectivity index (χ2n) is 8.47. The molecule has 0 aromatic heterocycles. The number of hydrogen-bond acceptors (Lipinski definition) is 4. The molecule has 7 nitrogen and oxygen atoms in total. The molecule has 0 aliphatic rings. The standard InChI is InChI=1S/C26H36FN3O4S/c1-4-6-7-18-28-26(32)20(3)30(19-22-8-13-23(27)14-9-22)25(31)17-12-21-10-15-24(16-11-21)35(33,34)29-5-2/h8-11,13-16,20,29H,4-7,12,17-19H2,1-3H3,(H,28,32). The second kappa shape index (κ2) is 13.9. The number of hydrogen-bond donors (Lipinski definition) is 2. The topological polar surface area (TPSA) is 95.6 Å². The van der Waals surface area contributed by atoms with E-state index in [1.165, 1.54) is 29.2 Å². The highest BCUT2D eigenvalue weighted by Gasteiger charge is 2.26. The van der Waals surface area contributed by atoms with Crippen LogP contribution in [0, 0.1) is 5.82 Å². The molecule has 0 saturated carbocycles. The van der Waals surface area contributed by atoms with Crippen molar-refractivity contribution in [2.45, 2.75) is 70.4 Å². The highest BCUT2D eigenvalue weighted by Crippen LogP contribution is 2.15. The largest absolute Gasteiger partial charge is 0.354 e. The predicted molar refractivity (Wildman–Crippen MR) is 135 cm³/mol. The number of halogens is 1. The molecule has 1 atom stereocenters. The zero-order chi connectivity index (χ0) is 25.8. The first-order valence-electron chi connectivity index (χ1n) is 12.1. The number of benzene rings is 2. The van der Waals surface area contributed by atoms with Crippen molar-refractivity contribution < 1.29 is 22.4 Å². The third-order valence-electron chi connectivity index (χ3n) is 5.71. The van der Waals surface area contributed by atoms with Gasteiger partial charge in [-0.05, 0) is 55.2 Å². The van der Waals surface area contributed by atoms with Crippen LogP contribution in [0.1, 0.15) is 57.6 Å². The van der Waals surface area contributed by atoms with Crippen LogP contribution < -0.4 is 10.0 Å². The lowest BCUT2D eigenvalue weighted by atomic mass is 10.1. The second-order valence-corrected chi connectivity index (χ2v) is 10.2. The Labute approximate surface area is 208 Å². The zero-order valence-electron chi connectivity index (χ0n) is 20.7. The summed E-state index contributed by atoms with van der Waals surface area (Å²) in [5.74, 6) is -0.808. The van der Waals surface area contributed by atoms with Gasteiger partial charge in [0.2, 0.25) is 21.8 Å². The molecule has 192 valence electrons. The van der Waals surface area contributed by atoms with Crippen molar-refractivity contribution >= 4 is 21.8 Å². The summed E-state index contributed by atoms with van der Waals surface area (Å²) in [7, 11) is -3.54. The van der Waals surface area contributed by atoms with E-state index < -0.39 is 16.1 Å². The van der Waals surface area contributed by atoms with Crippen LogP contribution in [0.25, 0.3) is 0 Å². The highest BCUT2D eigenvalue weighted by molar-refractivity contribution is 7.89. The molecule has 0 saturated heterocycles. The molecule has 2 rings (SSSR count). The summed E-state index contributed by atoms with van der Waals surface area (Å²) in [5.41, 5.74) is 1.54. The Kier molecular flexibility index (Phi) is 11.3. The van der Waals surface area contributed by atoms with Gasteiger partial charge in [-0.1, -0.05) is 51.0 Å². The number of carbonyl (C=O) groups excluding carboxylic acids is 2. The van der Waals surface area contributed by atoms with Crippen molar-refractivity contribution in [2.24, 2.45) is 0 Å². The fourth-order valence-corrected chi connectivity index (χ4v) is 4.65. The smallest absolute Gasteiger partial charge is 0.242 e. The highest BCUT2D eigenvalue weighted by atomic mass is 32.2. The monoisotopic (exact) mass is 505 g/mol. The minimum atomic E-state index is -3.54. The van der Waals surface area contributed by atoms with E-state index >= 15 is 0 Å². The molecule has 35 heavy (non-hydrogen) atoms. The van der Waals surface area contributed by atoms with Crippen LogP contribution in [-0.2, 0) is 32.6 Å². The summed E-state index contributed by atoms with van der Waals surface area (Å²) in [6, 6.07) is 11.6. The Morgan fingerprint density at radius 1 is 0.971 bits per heavy atom. The quantitative estimate of drug-likeness (QED) is 0.382. The maximum absolute atomic E-state index is 13.3. The first-order chi connectivity index (χ1) is 16.7. The third-order valence-corrected chi connectivity index (χ3v) is 7.27. The van der Waals surface area contributed by atoms with Gasteiger partial charge >= 0.3 is 0 Å². The molecule has 2 aromatic rings. The maximum Gasteiger partial charge on any atom is 0.242 e. The van der Waals surface area contributed by atoms with Gasteiger partial charge in [0.1, 0.15) is 11.9 Å². The van der Waals surface area contributed by atoms with E-state index in [0.717, 1.165) is 30.4 Å². The van der Waals surface area contributed by atoms with Gasteiger partial charge in [-0.2, -0.15) is 0 Å². The van der Waals surface area contributed by atoms with Gasteiger partial charge in [-0.25, -0.2) is 17.5 Å². The number of rotatable bonds is 14. The normalized spacial score (nSPS) is 12.2. The molecule has 2 aromatic carbocycles. The van der Waals surface area contributed by atoms with E-state index in [1.54, 1.807) is 38.1 Å². The molecule has 0 fully saturated rings. The van der Waals surface area contributed by atoms with Crippen LogP contribution in [0.2, 0.25) is 0 Å². The van der Waals surface area contributed by atoms with E-state index in [-0.39, 0.29) is 35.5 Å². The Morgan fingerprint density at radius 2 is 1.60 bits per heavy atom. The molecule has 0 bridgehead atoms. The fourth-order valence-electron chi connectivity index (χ4n) is 3.61. The minimum Gasteiger partial charge on any atom is -0.354 e. The van der Waals surface area contributed by atoms with Crippen LogP contribution >= 0.6 is 0 Å². The SMILES string of the molecule is CCCCCNC(=O)C(C)N(Cc1ccc(F)cc1)C(=O)CCc1ccc(S(=O)(=O)NCC)cc1. The summed E-state index contributed by atoms with van der Waals surface area (Å²) in [5, 5.41) is 2.90. The molecule has 0 aliphatic heterocycles. The van der Waals surface area contributed by atoms with Gasteiger partial charge in [-0.15, -0.1) is 0 Å². The van der Waals surface area contributed by atoms with Gasteiger partial charge in [0.25, 0.3) is 0 Å². The molecule has 0 radical (unpaired) electrons. The Morgan fingerprint density at radius 3 is 2.20 bits per heavy atom. The summed E-state index contributed by atoms with van der Waals surface area (Å²) in [6.45, 7) is 6.52. The van der Waals surface area contributed by atoms with Gasteiger partial charge in [0.15, 0.2) is 0 Å². The molecule has 1 unspecified atom stereocenters. The summed E-state index contributed by atoms with van der Waals surface area (Å²) in [6.07, 6.45) is 3.48. The summed E-state index contributed by atoms with van der Waals surface area (Å²) in [4.78, 5) is 27.6. The van der Waals surface area contributed by atoms with E-state index in [0.29, 0.717) is 19.5 Å². The van der Waals surface area contributed by atoms with Crippen molar-refractivity contribution in [1.29, 1.82) is 0 Å². The van der Waals surface area contributed by atoms with Crippen molar-refractivity contribution in [3.05, 3.63) is 65.5 Å². The lowest BCUT2D eigenvalue weighted by Crippen LogP contribution is -2.47. The number of amides is 2. The average Bonchev–Trinajstić information content (AvgIpc) is 2.84. The van der Waals surface area contributed by atoms with Gasteiger partial charge in [-0.3, -0.25) is 9.59 Å². The first-order valence-corrected chi connectivity index (χ1v) is 13.6. The number of carbonyl (C=O) groups is 2. The van der Waals surface area contributed by atoms with Crippen LogP contribution in [-0.4, -0.2) is 44.3 Å². The summed E-state index contributed by atoms with van der Waals surface area (Å²) < 4.78 is 40.0. The van der Waals surface area contributed by atoms with E-state index in [9.17, 15) is 22.4 Å². The molecular formula is C26H36FN3O4S. The number of unbranched alkanes of at least 4 members (excludes halogenated alkanes) is 2. The lowest BCUT2D eigenvalue weighted by Gasteiger charge is -2.29. The fraction of sp³-hybridized carbons (Fsp3) is 0.462. The molecule has 0 spiro atoms. The van der Waals surface area contributed by atoms with Crippen molar-refractivity contribution in [1.82, 2.24) is 14.9 Å². The number of aryl methyl sites for hydroxylation is 1. The zero-order valence-corrected chi connectivity index (χ0v) is 21.5.